The molecule has 1 aliphatic heterocycles. The van der Waals surface area contributed by atoms with Crippen molar-refractivity contribution < 1.29 is 37.3 Å². The maximum absolute atomic E-state index is 12.5. The predicted octanol–water partition coefficient (Wildman–Crippen LogP) is 3.10. The summed E-state index contributed by atoms with van der Waals surface area (Å²) in [6.45, 7) is 3.90. The molecular weight excluding hydrogens is 365 g/mol. The molecule has 1 aromatic rings. The highest BCUT2D eigenvalue weighted by molar-refractivity contribution is 5.75. The molecule has 1 heterocycles. The Hall–Kier alpha value is -1.64. The molecule has 1 aromatic carbocycles. The van der Waals surface area contributed by atoms with Crippen LogP contribution in [-0.4, -0.2) is 48.8 Å². The number of hydrogen-bond donors (Lipinski definition) is 1. The summed E-state index contributed by atoms with van der Waals surface area (Å²) in [6.07, 6.45) is -7.20. The Morgan fingerprint density at radius 1 is 1.33 bits per heavy atom. The van der Waals surface area contributed by atoms with Crippen LogP contribution in [0.1, 0.15) is 25.8 Å². The van der Waals surface area contributed by atoms with E-state index >= 15 is 0 Å². The number of benzene rings is 1. The van der Waals surface area contributed by atoms with Gasteiger partial charge in [-0.3, -0.25) is 0 Å². The Kier molecular flexibility index (Phi) is 7.64. The number of esters is 1. The highest BCUT2D eigenvalue weighted by atomic mass is 19.4. The van der Waals surface area contributed by atoms with E-state index in [1.54, 1.807) is 6.92 Å². The minimum atomic E-state index is -5.05. The van der Waals surface area contributed by atoms with Crippen molar-refractivity contribution in [1.82, 2.24) is 0 Å². The van der Waals surface area contributed by atoms with Crippen LogP contribution in [-0.2, 0) is 25.6 Å². The van der Waals surface area contributed by atoms with Gasteiger partial charge < -0.3 is 19.3 Å². The minimum absolute atomic E-state index is 0.0214. The van der Waals surface area contributed by atoms with Gasteiger partial charge >= 0.3 is 12.1 Å². The Morgan fingerprint density at radius 2 is 2.00 bits per heavy atom. The first-order chi connectivity index (χ1) is 12.7. The van der Waals surface area contributed by atoms with E-state index in [0.717, 1.165) is 5.56 Å². The fourth-order valence-electron chi connectivity index (χ4n) is 3.25. The molecule has 1 N–H and O–H groups in total. The van der Waals surface area contributed by atoms with Gasteiger partial charge in [0.1, 0.15) is 6.10 Å². The highest BCUT2D eigenvalue weighted by Crippen LogP contribution is 2.33. The predicted molar refractivity (Wildman–Crippen MR) is 90.7 cm³/mol. The maximum Gasteiger partial charge on any atom is 0.490 e. The smallest absolute Gasteiger partial charge is 0.455 e. The van der Waals surface area contributed by atoms with Crippen molar-refractivity contribution in [3.05, 3.63) is 35.9 Å². The van der Waals surface area contributed by atoms with Crippen molar-refractivity contribution in [3.8, 4) is 0 Å². The largest absolute Gasteiger partial charge is 0.490 e. The topological polar surface area (TPSA) is 65.0 Å². The van der Waals surface area contributed by atoms with E-state index in [4.69, 9.17) is 9.47 Å². The number of aliphatic hydroxyl groups is 1. The normalized spacial score (nSPS) is 27.2. The van der Waals surface area contributed by atoms with E-state index in [1.807, 2.05) is 37.3 Å². The van der Waals surface area contributed by atoms with Crippen molar-refractivity contribution in [2.75, 3.05) is 13.2 Å². The summed E-state index contributed by atoms with van der Waals surface area (Å²) in [4.78, 5) is 11.2. The Morgan fingerprint density at radius 3 is 2.59 bits per heavy atom. The van der Waals surface area contributed by atoms with Gasteiger partial charge in [-0.05, 0) is 5.56 Å². The monoisotopic (exact) mass is 390 g/mol. The number of ether oxygens (including phenoxy) is 3. The Bertz CT molecular complexity index is 593. The summed E-state index contributed by atoms with van der Waals surface area (Å²) in [6, 6.07) is 9.57. The first kappa shape index (κ1) is 21.7. The van der Waals surface area contributed by atoms with Crippen LogP contribution in [0.3, 0.4) is 0 Å². The van der Waals surface area contributed by atoms with Gasteiger partial charge in [-0.2, -0.15) is 13.2 Å². The van der Waals surface area contributed by atoms with Crippen molar-refractivity contribution >= 4 is 5.97 Å². The molecule has 0 bridgehead atoms. The molecule has 2 rings (SSSR count). The lowest BCUT2D eigenvalue weighted by Gasteiger charge is -2.42. The second-order valence-electron chi connectivity index (χ2n) is 6.92. The van der Waals surface area contributed by atoms with Gasteiger partial charge in [0.15, 0.2) is 0 Å². The molecule has 5 nitrogen and oxygen atoms in total. The SMILES string of the molecule is C[C@H]1[C@H]([C@H](C)COCc2ccccc2)O[C@H](CO)C[C@@H]1OC(=O)C(F)(F)F. The average Bonchev–Trinajstić information content (AvgIpc) is 2.63. The van der Waals surface area contributed by atoms with Gasteiger partial charge in [-0.1, -0.05) is 44.2 Å². The minimum Gasteiger partial charge on any atom is -0.455 e. The zero-order valence-corrected chi connectivity index (χ0v) is 15.3. The molecule has 8 heteroatoms. The molecule has 0 spiro atoms. The number of hydrogen-bond acceptors (Lipinski definition) is 5. The molecule has 0 aliphatic carbocycles. The molecule has 5 atom stereocenters. The molecule has 0 unspecified atom stereocenters. The molecule has 0 amide bonds. The van der Waals surface area contributed by atoms with Crippen LogP contribution in [0.15, 0.2) is 30.3 Å². The first-order valence-electron chi connectivity index (χ1n) is 8.88. The van der Waals surface area contributed by atoms with Crippen LogP contribution < -0.4 is 0 Å². The summed E-state index contributed by atoms with van der Waals surface area (Å²) < 4.78 is 53.7. The number of alkyl halides is 3. The van der Waals surface area contributed by atoms with Gasteiger partial charge in [0.05, 0.1) is 32.0 Å². The maximum atomic E-state index is 12.5. The molecule has 0 aromatic heterocycles. The zero-order valence-electron chi connectivity index (χ0n) is 15.3. The van der Waals surface area contributed by atoms with Gasteiger partial charge in [-0.15, -0.1) is 0 Å². The van der Waals surface area contributed by atoms with Gasteiger partial charge in [-0.25, -0.2) is 4.79 Å². The van der Waals surface area contributed by atoms with Crippen LogP contribution in [0, 0.1) is 11.8 Å². The molecule has 1 aliphatic rings. The van der Waals surface area contributed by atoms with Crippen LogP contribution in [0.2, 0.25) is 0 Å². The quantitative estimate of drug-likeness (QED) is 0.725. The standard InChI is InChI=1S/C19H25F3O5/c1-12(10-25-11-14-6-4-3-5-7-14)17-13(2)16(8-15(9-23)26-17)27-18(24)19(20,21)22/h3-7,12-13,15-17,23H,8-11H2,1-2H3/t12-,13-,15+,16+,17+/m1/s1. The summed E-state index contributed by atoms with van der Waals surface area (Å²) in [5.74, 6) is -2.84. The Balaban J connectivity index is 1.95. The van der Waals surface area contributed by atoms with E-state index in [9.17, 15) is 23.1 Å². The van der Waals surface area contributed by atoms with Crippen molar-refractivity contribution in [2.24, 2.45) is 11.8 Å². The average molecular weight is 390 g/mol. The number of rotatable bonds is 7. The van der Waals surface area contributed by atoms with Crippen molar-refractivity contribution in [3.63, 3.8) is 0 Å². The lowest BCUT2D eigenvalue weighted by molar-refractivity contribution is -0.223. The number of carbonyl (C=O) groups excluding carboxylic acids is 1. The molecule has 27 heavy (non-hydrogen) atoms. The first-order valence-corrected chi connectivity index (χ1v) is 8.88. The molecule has 0 saturated carbocycles. The summed E-state index contributed by atoms with van der Waals surface area (Å²) in [5, 5.41) is 9.39. The lowest BCUT2D eigenvalue weighted by Crippen LogP contribution is -2.50. The summed E-state index contributed by atoms with van der Waals surface area (Å²) in [5.41, 5.74) is 1.01. The third kappa shape index (κ3) is 6.19. The second-order valence-corrected chi connectivity index (χ2v) is 6.92. The van der Waals surface area contributed by atoms with Crippen molar-refractivity contribution in [2.45, 2.75) is 51.4 Å². The van der Waals surface area contributed by atoms with E-state index in [2.05, 4.69) is 4.74 Å². The van der Waals surface area contributed by atoms with Gasteiger partial charge in [0.2, 0.25) is 0 Å². The second kappa shape index (κ2) is 9.52. The summed E-state index contributed by atoms with van der Waals surface area (Å²) >= 11 is 0. The molecule has 152 valence electrons. The molecular formula is C19H25F3O5. The summed E-state index contributed by atoms with van der Waals surface area (Å²) in [7, 11) is 0. The van der Waals surface area contributed by atoms with E-state index in [0.29, 0.717) is 13.2 Å². The molecule has 1 fully saturated rings. The van der Waals surface area contributed by atoms with Crippen LogP contribution in [0.5, 0.6) is 0 Å². The zero-order chi connectivity index (χ0) is 20.0. The number of halogens is 3. The fraction of sp³-hybridized carbons (Fsp3) is 0.632. The van der Waals surface area contributed by atoms with Crippen LogP contribution in [0.25, 0.3) is 0 Å². The molecule has 0 radical (unpaired) electrons. The lowest BCUT2D eigenvalue weighted by atomic mass is 9.84. The number of aliphatic hydroxyl groups excluding tert-OH is 1. The van der Waals surface area contributed by atoms with Gasteiger partial charge in [0.25, 0.3) is 0 Å². The van der Waals surface area contributed by atoms with Crippen LogP contribution in [0.4, 0.5) is 13.2 Å². The van der Waals surface area contributed by atoms with E-state index < -0.39 is 36.4 Å². The fourth-order valence-corrected chi connectivity index (χ4v) is 3.25. The van der Waals surface area contributed by atoms with E-state index in [1.165, 1.54) is 0 Å². The van der Waals surface area contributed by atoms with Gasteiger partial charge in [0, 0.05) is 18.3 Å². The molecule has 1 saturated heterocycles. The number of carbonyl (C=O) groups is 1. The van der Waals surface area contributed by atoms with E-state index in [-0.39, 0.29) is 18.9 Å². The highest BCUT2D eigenvalue weighted by Gasteiger charge is 2.46. The van der Waals surface area contributed by atoms with Crippen LogP contribution >= 0.6 is 0 Å². The third-order valence-electron chi connectivity index (χ3n) is 4.70. The van der Waals surface area contributed by atoms with Crippen molar-refractivity contribution in [1.29, 1.82) is 0 Å². The third-order valence-corrected chi connectivity index (χ3v) is 4.70. The Labute approximate surface area is 156 Å².